The van der Waals surface area contributed by atoms with Crippen molar-refractivity contribution >= 4 is 0 Å². The van der Waals surface area contributed by atoms with Gasteiger partial charge in [-0.2, -0.15) is 5.48 Å². The molecule has 0 heterocycles. The molecular formula is C10H14FNO3. The fourth-order valence-electron chi connectivity index (χ4n) is 1.29. The van der Waals surface area contributed by atoms with E-state index in [1.54, 1.807) is 0 Å². The quantitative estimate of drug-likeness (QED) is 0.755. The van der Waals surface area contributed by atoms with Crippen molar-refractivity contribution < 1.29 is 18.7 Å². The van der Waals surface area contributed by atoms with Crippen LogP contribution in [0.5, 0.6) is 11.5 Å². The van der Waals surface area contributed by atoms with E-state index in [2.05, 4.69) is 10.3 Å². The van der Waals surface area contributed by atoms with Gasteiger partial charge in [0.1, 0.15) is 5.82 Å². The monoisotopic (exact) mass is 215 g/mol. The van der Waals surface area contributed by atoms with Gasteiger partial charge in [0.2, 0.25) is 0 Å². The molecule has 0 radical (unpaired) electrons. The summed E-state index contributed by atoms with van der Waals surface area (Å²) in [6.45, 7) is 0.341. The molecule has 0 unspecified atom stereocenters. The summed E-state index contributed by atoms with van der Waals surface area (Å²) in [5, 5.41) is 0. The fraction of sp³-hybridized carbons (Fsp3) is 0.400. The zero-order valence-electron chi connectivity index (χ0n) is 8.96. The van der Waals surface area contributed by atoms with Gasteiger partial charge >= 0.3 is 0 Å². The average Bonchev–Trinajstić information content (AvgIpc) is 2.25. The van der Waals surface area contributed by atoms with Crippen LogP contribution in [0.4, 0.5) is 4.39 Å². The third-order valence-electron chi connectivity index (χ3n) is 1.93. The van der Waals surface area contributed by atoms with Crippen LogP contribution in [-0.2, 0) is 11.4 Å². The van der Waals surface area contributed by atoms with E-state index >= 15 is 0 Å². The van der Waals surface area contributed by atoms with Crippen molar-refractivity contribution in [3.63, 3.8) is 0 Å². The van der Waals surface area contributed by atoms with Crippen molar-refractivity contribution in [3.8, 4) is 11.5 Å². The summed E-state index contributed by atoms with van der Waals surface area (Å²) in [5.41, 5.74) is 3.25. The molecule has 1 aromatic rings. The van der Waals surface area contributed by atoms with Crippen molar-refractivity contribution in [1.29, 1.82) is 0 Å². The van der Waals surface area contributed by atoms with Gasteiger partial charge in [-0.3, -0.25) is 0 Å². The molecule has 0 aliphatic carbocycles. The summed E-state index contributed by atoms with van der Waals surface area (Å²) < 4.78 is 23.3. The summed E-state index contributed by atoms with van der Waals surface area (Å²) in [5.74, 6) is 0.495. The van der Waals surface area contributed by atoms with E-state index in [0.717, 1.165) is 0 Å². The Bertz CT molecular complexity index is 331. The van der Waals surface area contributed by atoms with Crippen LogP contribution in [0, 0.1) is 5.82 Å². The summed E-state index contributed by atoms with van der Waals surface area (Å²) in [7, 11) is 4.46. The van der Waals surface area contributed by atoms with Gasteiger partial charge in [-0.15, -0.1) is 0 Å². The van der Waals surface area contributed by atoms with Gasteiger partial charge in [0.15, 0.2) is 11.5 Å². The second-order valence-corrected chi connectivity index (χ2v) is 2.83. The first-order chi connectivity index (χ1) is 7.22. The molecule has 0 saturated carbocycles. The maximum atomic E-state index is 13.2. The third kappa shape index (κ3) is 2.81. The van der Waals surface area contributed by atoms with E-state index in [0.29, 0.717) is 23.6 Å². The lowest BCUT2D eigenvalue weighted by Gasteiger charge is -2.12. The van der Waals surface area contributed by atoms with Crippen molar-refractivity contribution in [1.82, 2.24) is 5.48 Å². The first-order valence-electron chi connectivity index (χ1n) is 4.39. The molecule has 0 saturated heterocycles. The van der Waals surface area contributed by atoms with Gasteiger partial charge in [0, 0.05) is 18.2 Å². The Morgan fingerprint density at radius 2 is 1.93 bits per heavy atom. The number of halogens is 1. The predicted octanol–water partition coefficient (Wildman–Crippen LogP) is 1.49. The normalized spacial score (nSPS) is 10.1. The number of hydrogen-bond acceptors (Lipinski definition) is 4. The van der Waals surface area contributed by atoms with Gasteiger partial charge in [-0.05, 0) is 6.07 Å². The molecule has 1 rings (SSSR count). The van der Waals surface area contributed by atoms with Gasteiger partial charge < -0.3 is 14.3 Å². The molecule has 0 aliphatic rings. The Morgan fingerprint density at radius 3 is 2.47 bits per heavy atom. The van der Waals surface area contributed by atoms with E-state index in [9.17, 15) is 4.39 Å². The van der Waals surface area contributed by atoms with Crippen LogP contribution in [-0.4, -0.2) is 21.3 Å². The van der Waals surface area contributed by atoms with Crippen molar-refractivity contribution in [2.24, 2.45) is 0 Å². The standard InChI is InChI=1S/C10H14FNO3/c1-13-9-5-8(11)4-7(6-12-15-3)10(9)14-2/h4-5,12H,6H2,1-3H3. The second kappa shape index (κ2) is 5.53. The minimum atomic E-state index is -0.374. The highest BCUT2D eigenvalue weighted by Crippen LogP contribution is 2.31. The number of benzene rings is 1. The molecule has 1 N–H and O–H groups in total. The van der Waals surface area contributed by atoms with Crippen LogP contribution >= 0.6 is 0 Å². The van der Waals surface area contributed by atoms with Gasteiger partial charge in [0.05, 0.1) is 21.3 Å². The third-order valence-corrected chi connectivity index (χ3v) is 1.93. The summed E-state index contributed by atoms with van der Waals surface area (Å²) >= 11 is 0. The van der Waals surface area contributed by atoms with E-state index in [1.807, 2.05) is 0 Å². The summed E-state index contributed by atoms with van der Waals surface area (Å²) in [6, 6.07) is 2.64. The first-order valence-corrected chi connectivity index (χ1v) is 4.39. The maximum absolute atomic E-state index is 13.2. The molecule has 1 aromatic carbocycles. The lowest BCUT2D eigenvalue weighted by molar-refractivity contribution is 0.0859. The summed E-state index contributed by atoms with van der Waals surface area (Å²) in [6.07, 6.45) is 0. The fourth-order valence-corrected chi connectivity index (χ4v) is 1.29. The number of hydroxylamine groups is 1. The van der Waals surface area contributed by atoms with E-state index in [-0.39, 0.29) is 5.82 Å². The van der Waals surface area contributed by atoms with Gasteiger partial charge in [0.25, 0.3) is 0 Å². The van der Waals surface area contributed by atoms with E-state index in [4.69, 9.17) is 9.47 Å². The SMILES string of the molecule is CONCc1cc(F)cc(OC)c1OC. The molecule has 0 spiro atoms. The number of ether oxygens (including phenoxy) is 2. The Labute approximate surface area is 87.9 Å². The molecule has 4 nitrogen and oxygen atoms in total. The first kappa shape index (κ1) is 11.7. The van der Waals surface area contributed by atoms with Crippen LogP contribution in [0.25, 0.3) is 0 Å². The molecule has 0 amide bonds. The largest absolute Gasteiger partial charge is 0.493 e. The minimum Gasteiger partial charge on any atom is -0.493 e. The Kier molecular flexibility index (Phi) is 4.33. The van der Waals surface area contributed by atoms with Crippen molar-refractivity contribution in [3.05, 3.63) is 23.5 Å². The molecular weight excluding hydrogens is 201 g/mol. The smallest absolute Gasteiger partial charge is 0.165 e. The zero-order chi connectivity index (χ0) is 11.3. The van der Waals surface area contributed by atoms with E-state index in [1.165, 1.54) is 33.5 Å². The molecule has 5 heteroatoms. The zero-order valence-corrected chi connectivity index (χ0v) is 8.96. The second-order valence-electron chi connectivity index (χ2n) is 2.83. The average molecular weight is 215 g/mol. The molecule has 0 aromatic heterocycles. The molecule has 0 bridgehead atoms. The molecule has 84 valence electrons. The Morgan fingerprint density at radius 1 is 1.20 bits per heavy atom. The van der Waals surface area contributed by atoms with Crippen LogP contribution in [0.2, 0.25) is 0 Å². The van der Waals surface area contributed by atoms with Gasteiger partial charge in [-0.1, -0.05) is 0 Å². The molecule has 0 fully saturated rings. The number of nitrogens with one attached hydrogen (secondary N) is 1. The van der Waals surface area contributed by atoms with Crippen LogP contribution in [0.15, 0.2) is 12.1 Å². The lowest BCUT2D eigenvalue weighted by Crippen LogP contribution is -2.12. The van der Waals surface area contributed by atoms with Crippen LogP contribution in [0.1, 0.15) is 5.56 Å². The minimum absolute atomic E-state index is 0.341. The predicted molar refractivity (Wildman–Crippen MR) is 53.4 cm³/mol. The molecule has 0 atom stereocenters. The molecule has 15 heavy (non-hydrogen) atoms. The van der Waals surface area contributed by atoms with Crippen molar-refractivity contribution in [2.75, 3.05) is 21.3 Å². The van der Waals surface area contributed by atoms with Crippen molar-refractivity contribution in [2.45, 2.75) is 6.54 Å². The number of hydrogen-bond donors (Lipinski definition) is 1. The topological polar surface area (TPSA) is 39.7 Å². The van der Waals surface area contributed by atoms with Gasteiger partial charge in [-0.25, -0.2) is 4.39 Å². The highest BCUT2D eigenvalue weighted by atomic mass is 19.1. The lowest BCUT2D eigenvalue weighted by atomic mass is 10.2. The number of rotatable bonds is 5. The van der Waals surface area contributed by atoms with Crippen LogP contribution in [0.3, 0.4) is 0 Å². The van der Waals surface area contributed by atoms with E-state index < -0.39 is 0 Å². The highest BCUT2D eigenvalue weighted by molar-refractivity contribution is 5.47. The number of methoxy groups -OCH3 is 2. The Hall–Kier alpha value is -1.33. The van der Waals surface area contributed by atoms with Crippen LogP contribution < -0.4 is 15.0 Å². The highest BCUT2D eigenvalue weighted by Gasteiger charge is 2.11. The summed E-state index contributed by atoms with van der Waals surface area (Å²) in [4.78, 5) is 4.69. The maximum Gasteiger partial charge on any atom is 0.165 e. The Balaban J connectivity index is 3.05. The molecule has 0 aliphatic heterocycles.